The van der Waals surface area contributed by atoms with Gasteiger partial charge in [0.15, 0.2) is 0 Å². The molecule has 0 fully saturated rings. The molecule has 0 saturated heterocycles. The Labute approximate surface area is 183 Å². The quantitative estimate of drug-likeness (QED) is 0.292. The van der Waals surface area contributed by atoms with Crippen LogP contribution in [-0.4, -0.2) is 37.0 Å². The smallest absolute Gasteiger partial charge is 0.119 e. The van der Waals surface area contributed by atoms with Gasteiger partial charge in [0.1, 0.15) is 12.4 Å². The molecule has 0 saturated carbocycles. The fraction of sp³-hybridized carbons (Fsp3) is 0.231. The van der Waals surface area contributed by atoms with Gasteiger partial charge in [0.25, 0.3) is 0 Å². The first-order valence-electron chi connectivity index (χ1n) is 9.93. The van der Waals surface area contributed by atoms with Crippen molar-refractivity contribution >= 4 is 27.1 Å². The number of benzene rings is 3. The van der Waals surface area contributed by atoms with E-state index in [0.717, 1.165) is 12.3 Å². The van der Waals surface area contributed by atoms with Gasteiger partial charge in [-0.2, -0.15) is 0 Å². The van der Waals surface area contributed by atoms with Crippen molar-refractivity contribution in [3.8, 4) is 5.75 Å². The summed E-state index contributed by atoms with van der Waals surface area (Å²) in [6.45, 7) is 3.77. The van der Waals surface area contributed by atoms with E-state index in [2.05, 4.69) is 127 Å². The van der Waals surface area contributed by atoms with Gasteiger partial charge in [-0.05, 0) is 61.0 Å². The van der Waals surface area contributed by atoms with Crippen LogP contribution in [0.5, 0.6) is 5.75 Å². The second-order valence-electron chi connectivity index (χ2n) is 7.31. The third-order valence-electron chi connectivity index (χ3n) is 4.76. The molecule has 3 heteroatoms. The van der Waals surface area contributed by atoms with Crippen LogP contribution in [0.4, 0.5) is 0 Å². The number of nitrogens with zero attached hydrogens (tertiary/aromatic N) is 1. The van der Waals surface area contributed by atoms with Crippen LogP contribution in [0.1, 0.15) is 23.6 Å². The zero-order chi connectivity index (χ0) is 20.6. The van der Waals surface area contributed by atoms with Gasteiger partial charge in [-0.3, -0.25) is 0 Å². The predicted octanol–water partition coefficient (Wildman–Crippen LogP) is 6.37. The SMILES string of the molecule is CC(Br)/C(=C(/c1ccccc1)c1ccc(OCCN(C)C)cc1)c1ccccc1. The number of likely N-dealkylation sites (N-methyl/N-ethyl adjacent to an activating group) is 1. The summed E-state index contributed by atoms with van der Waals surface area (Å²) in [4.78, 5) is 2.32. The summed E-state index contributed by atoms with van der Waals surface area (Å²) in [5.74, 6) is 0.899. The molecule has 3 aromatic rings. The van der Waals surface area contributed by atoms with Crippen molar-refractivity contribution < 1.29 is 4.74 Å². The topological polar surface area (TPSA) is 12.5 Å². The highest BCUT2D eigenvalue weighted by molar-refractivity contribution is 9.09. The summed E-state index contributed by atoms with van der Waals surface area (Å²) in [5, 5.41) is 0. The molecule has 3 rings (SSSR count). The van der Waals surface area contributed by atoms with Crippen LogP contribution in [0.2, 0.25) is 0 Å². The van der Waals surface area contributed by atoms with Gasteiger partial charge < -0.3 is 9.64 Å². The average molecular weight is 450 g/mol. The molecule has 29 heavy (non-hydrogen) atoms. The van der Waals surface area contributed by atoms with Gasteiger partial charge in [0, 0.05) is 11.4 Å². The van der Waals surface area contributed by atoms with E-state index in [9.17, 15) is 0 Å². The van der Waals surface area contributed by atoms with Crippen molar-refractivity contribution in [2.75, 3.05) is 27.2 Å². The van der Waals surface area contributed by atoms with E-state index >= 15 is 0 Å². The molecule has 1 unspecified atom stereocenters. The second kappa shape index (κ2) is 10.4. The maximum Gasteiger partial charge on any atom is 0.119 e. The maximum absolute atomic E-state index is 5.88. The normalized spacial score (nSPS) is 13.1. The van der Waals surface area contributed by atoms with Crippen LogP contribution in [0, 0.1) is 0 Å². The number of allylic oxidation sites excluding steroid dienone is 1. The Morgan fingerprint density at radius 2 is 1.31 bits per heavy atom. The number of hydrogen-bond donors (Lipinski definition) is 0. The monoisotopic (exact) mass is 449 g/mol. The summed E-state index contributed by atoms with van der Waals surface area (Å²) < 4.78 is 5.88. The number of halogens is 1. The van der Waals surface area contributed by atoms with E-state index in [1.54, 1.807) is 0 Å². The van der Waals surface area contributed by atoms with Gasteiger partial charge in [-0.1, -0.05) is 88.7 Å². The number of alkyl halides is 1. The Hall–Kier alpha value is -2.36. The third kappa shape index (κ3) is 5.81. The summed E-state index contributed by atoms with van der Waals surface area (Å²) >= 11 is 3.85. The number of rotatable bonds is 8. The largest absolute Gasteiger partial charge is 0.492 e. The van der Waals surface area contributed by atoms with Crippen LogP contribution >= 0.6 is 15.9 Å². The number of hydrogen-bond acceptors (Lipinski definition) is 2. The van der Waals surface area contributed by atoms with Crippen molar-refractivity contribution in [3.05, 3.63) is 102 Å². The Kier molecular flexibility index (Phi) is 7.68. The van der Waals surface area contributed by atoms with Gasteiger partial charge in [-0.25, -0.2) is 0 Å². The van der Waals surface area contributed by atoms with Gasteiger partial charge >= 0.3 is 0 Å². The lowest BCUT2D eigenvalue weighted by Crippen LogP contribution is -2.19. The van der Waals surface area contributed by atoms with Gasteiger partial charge in [0.05, 0.1) is 0 Å². The van der Waals surface area contributed by atoms with Crippen LogP contribution in [0.25, 0.3) is 11.1 Å². The van der Waals surface area contributed by atoms with Crippen molar-refractivity contribution in [2.24, 2.45) is 0 Å². The van der Waals surface area contributed by atoms with E-state index < -0.39 is 0 Å². The molecule has 2 nitrogen and oxygen atoms in total. The molecule has 0 aromatic heterocycles. The van der Waals surface area contributed by atoms with E-state index in [0.29, 0.717) is 6.61 Å². The zero-order valence-corrected chi connectivity index (χ0v) is 18.9. The maximum atomic E-state index is 5.88. The van der Waals surface area contributed by atoms with Crippen molar-refractivity contribution in [1.82, 2.24) is 4.90 Å². The Morgan fingerprint density at radius 1 is 0.793 bits per heavy atom. The minimum Gasteiger partial charge on any atom is -0.492 e. The second-order valence-corrected chi connectivity index (χ2v) is 8.69. The molecular weight excluding hydrogens is 422 g/mol. The van der Waals surface area contributed by atoms with Crippen molar-refractivity contribution in [1.29, 1.82) is 0 Å². The summed E-state index contributed by atoms with van der Waals surface area (Å²) in [7, 11) is 4.10. The summed E-state index contributed by atoms with van der Waals surface area (Å²) in [6.07, 6.45) is 0. The minimum atomic E-state index is 0.205. The highest BCUT2D eigenvalue weighted by Gasteiger charge is 2.17. The fourth-order valence-electron chi connectivity index (χ4n) is 3.34. The van der Waals surface area contributed by atoms with Gasteiger partial charge in [0.2, 0.25) is 0 Å². The van der Waals surface area contributed by atoms with E-state index in [4.69, 9.17) is 4.74 Å². The lowest BCUT2D eigenvalue weighted by Gasteiger charge is -2.20. The third-order valence-corrected chi connectivity index (χ3v) is 5.22. The minimum absolute atomic E-state index is 0.205. The van der Waals surface area contributed by atoms with E-state index in [-0.39, 0.29) is 4.83 Å². The molecule has 0 radical (unpaired) electrons. The van der Waals surface area contributed by atoms with Gasteiger partial charge in [-0.15, -0.1) is 0 Å². The van der Waals surface area contributed by atoms with Crippen LogP contribution < -0.4 is 4.74 Å². The molecule has 150 valence electrons. The van der Waals surface area contributed by atoms with Crippen LogP contribution in [-0.2, 0) is 0 Å². The Morgan fingerprint density at radius 3 is 1.83 bits per heavy atom. The molecular formula is C26H28BrNO. The molecule has 0 N–H and O–H groups in total. The summed E-state index contributed by atoms with van der Waals surface area (Å²) in [5.41, 5.74) is 6.13. The highest BCUT2D eigenvalue weighted by Crippen LogP contribution is 2.37. The first-order chi connectivity index (χ1) is 14.1. The number of ether oxygens (including phenoxy) is 1. The molecule has 0 bridgehead atoms. The molecule has 3 aromatic carbocycles. The fourth-order valence-corrected chi connectivity index (χ4v) is 3.83. The van der Waals surface area contributed by atoms with Crippen molar-refractivity contribution in [2.45, 2.75) is 11.8 Å². The molecule has 0 aliphatic carbocycles. The molecule has 0 spiro atoms. The first kappa shape index (κ1) is 21.4. The van der Waals surface area contributed by atoms with E-state index in [1.807, 2.05) is 0 Å². The van der Waals surface area contributed by atoms with Crippen LogP contribution in [0.3, 0.4) is 0 Å². The average Bonchev–Trinajstić information content (AvgIpc) is 2.73. The Bertz CT molecular complexity index is 916. The molecule has 0 aliphatic heterocycles. The van der Waals surface area contributed by atoms with E-state index in [1.165, 1.54) is 27.8 Å². The molecule has 1 atom stereocenters. The predicted molar refractivity (Wildman–Crippen MR) is 128 cm³/mol. The van der Waals surface area contributed by atoms with Crippen LogP contribution in [0.15, 0.2) is 84.9 Å². The lowest BCUT2D eigenvalue weighted by molar-refractivity contribution is 0.261. The molecule has 0 amide bonds. The highest BCUT2D eigenvalue weighted by atomic mass is 79.9. The standard InChI is InChI=1S/C26H28BrNO/c1-20(27)25(21-10-6-4-7-11-21)26(22-12-8-5-9-13-22)23-14-16-24(17-15-23)29-19-18-28(2)3/h4-17,20H,18-19H2,1-3H3/b26-25+. The van der Waals surface area contributed by atoms with Crippen molar-refractivity contribution in [3.63, 3.8) is 0 Å². The first-order valence-corrected chi connectivity index (χ1v) is 10.8. The Balaban J connectivity index is 2.05. The lowest BCUT2D eigenvalue weighted by atomic mass is 9.88. The molecule has 0 heterocycles. The zero-order valence-electron chi connectivity index (χ0n) is 17.3. The molecule has 0 aliphatic rings. The summed E-state index contributed by atoms with van der Waals surface area (Å²) in [6, 6.07) is 29.6.